The van der Waals surface area contributed by atoms with E-state index in [1.165, 1.54) is 35.4 Å². The summed E-state index contributed by atoms with van der Waals surface area (Å²) in [5.41, 5.74) is 2.17. The third-order valence-electron chi connectivity index (χ3n) is 7.33. The maximum Gasteiger partial charge on any atom is 0.302 e. The van der Waals surface area contributed by atoms with Crippen molar-refractivity contribution in [1.29, 1.82) is 0 Å². The lowest BCUT2D eigenvalue weighted by Crippen LogP contribution is -2.59. The van der Waals surface area contributed by atoms with Crippen LogP contribution in [0.1, 0.15) is 35.6 Å². The molecule has 2 aliphatic heterocycles. The van der Waals surface area contributed by atoms with Crippen molar-refractivity contribution in [2.24, 2.45) is 0 Å². The molecule has 0 saturated carbocycles. The van der Waals surface area contributed by atoms with Crippen molar-refractivity contribution in [2.45, 2.75) is 49.7 Å². The molecule has 0 amide bonds. The van der Waals surface area contributed by atoms with Crippen LogP contribution < -0.4 is 23.7 Å². The summed E-state index contributed by atoms with van der Waals surface area (Å²) in [4.78, 5) is 11.8. The smallest absolute Gasteiger partial charge is 0.302 e. The number of aliphatic hydroxyl groups is 4. The Kier molecular flexibility index (Phi) is 10.7. The van der Waals surface area contributed by atoms with Crippen molar-refractivity contribution in [3.8, 4) is 28.7 Å². The zero-order valence-electron chi connectivity index (χ0n) is 24.6. The van der Waals surface area contributed by atoms with Gasteiger partial charge in [-0.3, -0.25) is 4.79 Å². The third-order valence-corrected chi connectivity index (χ3v) is 7.33. The number of hydrogen-bond acceptors (Lipinski definition) is 13. The van der Waals surface area contributed by atoms with Crippen molar-refractivity contribution in [3.05, 3.63) is 47.0 Å². The Hall–Kier alpha value is -3.59. The molecule has 4 rings (SSSR count). The molecule has 1 saturated heterocycles. The number of carbonyl (C=O) groups excluding carboxylic acids is 1. The lowest BCUT2D eigenvalue weighted by atomic mass is 9.90. The fourth-order valence-electron chi connectivity index (χ4n) is 5.16. The van der Waals surface area contributed by atoms with Crippen molar-refractivity contribution < 1.29 is 63.1 Å². The Bertz CT molecular complexity index is 1270. The van der Waals surface area contributed by atoms with E-state index < -0.39 is 55.3 Å². The Morgan fingerprint density at radius 2 is 1.58 bits per heavy atom. The van der Waals surface area contributed by atoms with Crippen molar-refractivity contribution in [2.75, 3.05) is 48.3 Å². The minimum Gasteiger partial charge on any atom is -0.493 e. The molecule has 2 heterocycles. The summed E-state index contributed by atoms with van der Waals surface area (Å²) in [5, 5.41) is 39.5. The monoisotopic (exact) mass is 606 g/mol. The summed E-state index contributed by atoms with van der Waals surface area (Å²) in [6, 6.07) is 7.21. The van der Waals surface area contributed by atoms with Gasteiger partial charge in [0.15, 0.2) is 29.3 Å². The maximum absolute atomic E-state index is 11.8. The molecule has 0 radical (unpaired) electrons. The number of hydrogen-bond donors (Lipinski definition) is 4. The van der Waals surface area contributed by atoms with Crippen molar-refractivity contribution in [3.63, 3.8) is 0 Å². The Labute approximate surface area is 249 Å². The number of esters is 1. The molecule has 0 aliphatic carbocycles. The number of ether oxygens (including phenoxy) is 8. The summed E-state index contributed by atoms with van der Waals surface area (Å²) < 4.78 is 44.9. The summed E-state index contributed by atoms with van der Waals surface area (Å²) >= 11 is 0. The van der Waals surface area contributed by atoms with E-state index in [1.54, 1.807) is 30.4 Å². The quantitative estimate of drug-likeness (QED) is 0.255. The van der Waals surface area contributed by atoms with Crippen LogP contribution in [0.15, 0.2) is 30.3 Å². The van der Waals surface area contributed by atoms with Gasteiger partial charge in [-0.2, -0.15) is 0 Å². The van der Waals surface area contributed by atoms with Gasteiger partial charge in [0, 0.05) is 18.1 Å². The molecule has 2 aliphatic rings. The van der Waals surface area contributed by atoms with Crippen LogP contribution in [0.2, 0.25) is 0 Å². The van der Waals surface area contributed by atoms with Crippen LogP contribution >= 0.6 is 0 Å². The van der Waals surface area contributed by atoms with E-state index in [4.69, 9.17) is 37.9 Å². The lowest BCUT2D eigenvalue weighted by molar-refractivity contribution is -0.298. The number of carbonyl (C=O) groups is 1. The molecular weight excluding hydrogens is 568 g/mol. The molecule has 7 atom stereocenters. The van der Waals surface area contributed by atoms with Gasteiger partial charge in [0.1, 0.15) is 37.1 Å². The average Bonchev–Trinajstić information content (AvgIpc) is 3.38. The number of rotatable bonds is 12. The van der Waals surface area contributed by atoms with E-state index in [-0.39, 0.29) is 13.2 Å². The van der Waals surface area contributed by atoms with Gasteiger partial charge in [0.25, 0.3) is 0 Å². The van der Waals surface area contributed by atoms with Crippen LogP contribution in [0.4, 0.5) is 0 Å². The molecule has 0 spiro atoms. The Morgan fingerprint density at radius 3 is 2.16 bits per heavy atom. The standard InChI is InChI=1S/C30H38O13/c1-15(32)41-14-19-18-9-16(7-6-8-40-30-26(35)25(34)24(33)23(13-31)42-30)10-20(36-2)28(18)43-27(19)17-11-21(37-3)29(39-5)22(12-17)38-4/h6-7,9-12,19,23-27,30-31,33-35H,8,13-14H2,1-5H3. The first kappa shape index (κ1) is 32.3. The predicted octanol–water partition coefficient (Wildman–Crippen LogP) is 1.33. The van der Waals surface area contributed by atoms with Gasteiger partial charge in [-0.1, -0.05) is 12.2 Å². The third kappa shape index (κ3) is 6.82. The lowest BCUT2D eigenvalue weighted by Gasteiger charge is -2.39. The summed E-state index contributed by atoms with van der Waals surface area (Å²) in [7, 11) is 6.07. The predicted molar refractivity (Wildman–Crippen MR) is 151 cm³/mol. The van der Waals surface area contributed by atoms with Crippen LogP contribution in [-0.2, 0) is 19.0 Å². The maximum atomic E-state index is 11.8. The molecule has 1 fully saturated rings. The fraction of sp³-hybridized carbons (Fsp3) is 0.500. The molecule has 2 aromatic carbocycles. The fourth-order valence-corrected chi connectivity index (χ4v) is 5.16. The highest BCUT2D eigenvalue weighted by Crippen LogP contribution is 2.53. The van der Waals surface area contributed by atoms with E-state index in [0.717, 1.165) is 11.1 Å². The second-order valence-corrected chi connectivity index (χ2v) is 9.98. The van der Waals surface area contributed by atoms with Crippen LogP contribution in [-0.4, -0.2) is 105 Å². The second-order valence-electron chi connectivity index (χ2n) is 9.98. The molecule has 0 bridgehead atoms. The molecule has 0 aromatic heterocycles. The van der Waals surface area contributed by atoms with Gasteiger partial charge in [-0.25, -0.2) is 0 Å². The average molecular weight is 607 g/mol. The van der Waals surface area contributed by atoms with Gasteiger partial charge in [-0.15, -0.1) is 0 Å². The molecular formula is C30H38O13. The molecule has 4 N–H and O–H groups in total. The molecule has 236 valence electrons. The summed E-state index contributed by atoms with van der Waals surface area (Å²) in [6.07, 6.45) is -4.01. The van der Waals surface area contributed by atoms with E-state index in [2.05, 4.69) is 0 Å². The van der Waals surface area contributed by atoms with Gasteiger partial charge >= 0.3 is 5.97 Å². The zero-order valence-corrected chi connectivity index (χ0v) is 24.6. The van der Waals surface area contributed by atoms with Gasteiger partial charge in [0.2, 0.25) is 5.75 Å². The van der Waals surface area contributed by atoms with Gasteiger partial charge < -0.3 is 58.3 Å². The highest BCUT2D eigenvalue weighted by atomic mass is 16.7. The second kappa shape index (κ2) is 14.3. The minimum absolute atomic E-state index is 0.0243. The van der Waals surface area contributed by atoms with Gasteiger partial charge in [0.05, 0.1) is 47.6 Å². The first-order chi connectivity index (χ1) is 20.7. The molecule has 2 aromatic rings. The SMILES string of the molecule is COc1cc(C2Oc3c(OC)cc(C=CCOC4OC(CO)C(O)C(O)C4O)cc3C2COC(C)=O)cc(OC)c1OC. The molecule has 7 unspecified atom stereocenters. The highest BCUT2D eigenvalue weighted by molar-refractivity contribution is 5.67. The van der Waals surface area contributed by atoms with Crippen LogP contribution in [0, 0.1) is 0 Å². The van der Waals surface area contributed by atoms with Crippen LogP contribution in [0.3, 0.4) is 0 Å². The Morgan fingerprint density at radius 1 is 0.907 bits per heavy atom. The Balaban J connectivity index is 1.60. The van der Waals surface area contributed by atoms with E-state index in [1.807, 2.05) is 6.07 Å². The first-order valence-corrected chi connectivity index (χ1v) is 13.6. The summed E-state index contributed by atoms with van der Waals surface area (Å²) in [6.45, 7) is 0.785. The van der Waals surface area contributed by atoms with E-state index >= 15 is 0 Å². The number of fused-ring (bicyclic) bond motifs is 1. The van der Waals surface area contributed by atoms with E-state index in [9.17, 15) is 25.2 Å². The van der Waals surface area contributed by atoms with Crippen molar-refractivity contribution in [1.82, 2.24) is 0 Å². The summed E-state index contributed by atoms with van der Waals surface area (Å²) in [5.74, 6) is 1.40. The first-order valence-electron chi connectivity index (χ1n) is 13.6. The van der Waals surface area contributed by atoms with Crippen LogP contribution in [0.25, 0.3) is 6.08 Å². The molecule has 13 heteroatoms. The van der Waals surface area contributed by atoms with E-state index in [0.29, 0.717) is 34.3 Å². The van der Waals surface area contributed by atoms with Crippen LogP contribution in [0.5, 0.6) is 28.7 Å². The molecule has 43 heavy (non-hydrogen) atoms. The number of benzene rings is 2. The van der Waals surface area contributed by atoms with Gasteiger partial charge in [-0.05, 0) is 29.8 Å². The van der Waals surface area contributed by atoms with Crippen molar-refractivity contribution >= 4 is 12.0 Å². The highest BCUT2D eigenvalue weighted by Gasteiger charge is 2.44. The molecule has 13 nitrogen and oxygen atoms in total. The largest absolute Gasteiger partial charge is 0.493 e. The topological polar surface area (TPSA) is 172 Å². The zero-order chi connectivity index (χ0) is 31.3. The minimum atomic E-state index is -1.53. The number of methoxy groups -OCH3 is 4. The normalized spacial score (nSPS) is 26.5. The number of aliphatic hydroxyl groups excluding tert-OH is 4.